The Kier molecular flexibility index (Phi) is 3.08. The van der Waals surface area contributed by atoms with Crippen LogP contribution in [0.3, 0.4) is 0 Å². The van der Waals surface area contributed by atoms with Gasteiger partial charge in [0.05, 0.1) is 12.3 Å². The van der Waals surface area contributed by atoms with Gasteiger partial charge in [0.25, 0.3) is 0 Å². The molecule has 1 aliphatic carbocycles. The Morgan fingerprint density at radius 2 is 2.24 bits per heavy atom. The smallest absolute Gasteiger partial charge is 0.193 e. The number of imidazole rings is 1. The van der Waals surface area contributed by atoms with E-state index in [0.717, 1.165) is 36.3 Å². The van der Waals surface area contributed by atoms with Crippen molar-refractivity contribution in [2.75, 3.05) is 6.61 Å². The molecule has 3 aromatic rings. The molecule has 108 valence electrons. The van der Waals surface area contributed by atoms with Crippen molar-refractivity contribution in [2.45, 2.75) is 31.1 Å². The summed E-state index contributed by atoms with van der Waals surface area (Å²) in [5.41, 5.74) is 3.61. The van der Waals surface area contributed by atoms with Crippen LogP contribution in [0.25, 0.3) is 4.96 Å². The van der Waals surface area contributed by atoms with Crippen molar-refractivity contribution in [1.82, 2.24) is 9.38 Å². The van der Waals surface area contributed by atoms with E-state index < -0.39 is 0 Å². The standard InChI is InChI=1S/C17H18N2OS/c20-12-17(7-3-5-13-4-1-2-6-15(13)17)10-14-11-19-8-9-21-16(19)18-14/h1-2,4,6,8-9,11,20H,3,5,7,10,12H2. The minimum absolute atomic E-state index is 0.168. The summed E-state index contributed by atoms with van der Waals surface area (Å²) < 4.78 is 2.07. The van der Waals surface area contributed by atoms with Gasteiger partial charge in [-0.2, -0.15) is 0 Å². The zero-order valence-corrected chi connectivity index (χ0v) is 12.6. The van der Waals surface area contributed by atoms with Crippen LogP contribution in [0.2, 0.25) is 0 Å². The first-order valence-electron chi connectivity index (χ1n) is 7.41. The molecule has 0 bridgehead atoms. The summed E-state index contributed by atoms with van der Waals surface area (Å²) in [5, 5.41) is 12.2. The van der Waals surface area contributed by atoms with Crippen molar-refractivity contribution in [3.05, 3.63) is 58.9 Å². The molecule has 1 atom stereocenters. The quantitative estimate of drug-likeness (QED) is 0.806. The highest BCUT2D eigenvalue weighted by atomic mass is 32.1. The molecule has 0 radical (unpaired) electrons. The van der Waals surface area contributed by atoms with Crippen LogP contribution >= 0.6 is 11.3 Å². The van der Waals surface area contributed by atoms with Gasteiger partial charge < -0.3 is 5.11 Å². The third-order valence-corrected chi connectivity index (χ3v) is 5.43. The lowest BCUT2D eigenvalue weighted by Gasteiger charge is -2.37. The summed E-state index contributed by atoms with van der Waals surface area (Å²) in [7, 11) is 0. The molecular formula is C17H18N2OS. The third-order valence-electron chi connectivity index (χ3n) is 4.66. The average Bonchev–Trinajstić information content (AvgIpc) is 3.08. The maximum Gasteiger partial charge on any atom is 0.193 e. The van der Waals surface area contributed by atoms with Crippen molar-refractivity contribution in [2.24, 2.45) is 0 Å². The lowest BCUT2D eigenvalue weighted by atomic mass is 9.68. The first-order chi connectivity index (χ1) is 10.3. The van der Waals surface area contributed by atoms with Crippen LogP contribution in [-0.4, -0.2) is 21.1 Å². The number of hydrogen-bond donors (Lipinski definition) is 1. The van der Waals surface area contributed by atoms with E-state index in [2.05, 4.69) is 34.9 Å². The highest BCUT2D eigenvalue weighted by Gasteiger charge is 2.36. The van der Waals surface area contributed by atoms with Crippen molar-refractivity contribution in [1.29, 1.82) is 0 Å². The van der Waals surface area contributed by atoms with Crippen molar-refractivity contribution >= 4 is 16.3 Å². The summed E-state index contributed by atoms with van der Waals surface area (Å²) in [6.45, 7) is 0.190. The highest BCUT2D eigenvalue weighted by Crippen LogP contribution is 2.39. The normalized spacial score (nSPS) is 21.6. The third kappa shape index (κ3) is 2.10. The molecule has 1 aliphatic rings. The van der Waals surface area contributed by atoms with Crippen LogP contribution in [0, 0.1) is 0 Å². The van der Waals surface area contributed by atoms with Gasteiger partial charge >= 0.3 is 0 Å². The van der Waals surface area contributed by atoms with Gasteiger partial charge in [0, 0.05) is 29.6 Å². The Balaban J connectivity index is 1.75. The molecule has 0 fully saturated rings. The van der Waals surface area contributed by atoms with E-state index in [4.69, 9.17) is 4.98 Å². The van der Waals surface area contributed by atoms with Gasteiger partial charge in [0.1, 0.15) is 0 Å². The molecule has 21 heavy (non-hydrogen) atoms. The second-order valence-corrected chi connectivity index (χ2v) is 6.82. The Morgan fingerprint density at radius 1 is 1.33 bits per heavy atom. The summed E-state index contributed by atoms with van der Waals surface area (Å²) in [4.78, 5) is 5.73. The fourth-order valence-corrected chi connectivity index (χ4v) is 4.34. The molecule has 0 amide bonds. The number of rotatable bonds is 3. The largest absolute Gasteiger partial charge is 0.395 e. The lowest BCUT2D eigenvalue weighted by Crippen LogP contribution is -2.37. The second kappa shape index (κ2) is 4.97. The summed E-state index contributed by atoms with van der Waals surface area (Å²) in [6, 6.07) is 8.56. The lowest BCUT2D eigenvalue weighted by molar-refractivity contribution is 0.172. The maximum atomic E-state index is 10.1. The van der Waals surface area contributed by atoms with E-state index in [0.29, 0.717) is 0 Å². The van der Waals surface area contributed by atoms with E-state index in [1.165, 1.54) is 11.1 Å². The van der Waals surface area contributed by atoms with Gasteiger partial charge in [-0.1, -0.05) is 24.3 Å². The van der Waals surface area contributed by atoms with Crippen LogP contribution in [0.1, 0.15) is 29.7 Å². The van der Waals surface area contributed by atoms with Crippen LogP contribution < -0.4 is 0 Å². The molecule has 0 spiro atoms. The van der Waals surface area contributed by atoms with Crippen LogP contribution in [0.4, 0.5) is 0 Å². The predicted octanol–water partition coefficient (Wildman–Crippen LogP) is 3.20. The van der Waals surface area contributed by atoms with E-state index in [1.807, 2.05) is 11.6 Å². The Morgan fingerprint density at radius 3 is 3.10 bits per heavy atom. The molecule has 1 unspecified atom stereocenters. The summed E-state index contributed by atoms with van der Waals surface area (Å²) >= 11 is 1.65. The average molecular weight is 298 g/mol. The van der Waals surface area contributed by atoms with Gasteiger partial charge in [-0.15, -0.1) is 11.3 Å². The number of aromatic nitrogens is 2. The SMILES string of the molecule is OCC1(Cc2cn3ccsc3n2)CCCc2ccccc21. The predicted molar refractivity (Wildman–Crippen MR) is 84.9 cm³/mol. The number of benzene rings is 1. The molecule has 0 saturated carbocycles. The number of nitrogens with zero attached hydrogens (tertiary/aromatic N) is 2. The number of fused-ring (bicyclic) bond motifs is 2. The number of aryl methyl sites for hydroxylation is 1. The van der Waals surface area contributed by atoms with Gasteiger partial charge in [0.15, 0.2) is 4.96 Å². The van der Waals surface area contributed by atoms with Gasteiger partial charge in [0.2, 0.25) is 0 Å². The van der Waals surface area contributed by atoms with Crippen LogP contribution in [-0.2, 0) is 18.3 Å². The highest BCUT2D eigenvalue weighted by molar-refractivity contribution is 7.15. The molecule has 4 rings (SSSR count). The molecule has 0 saturated heterocycles. The first kappa shape index (κ1) is 13.0. The van der Waals surface area contributed by atoms with E-state index in [-0.39, 0.29) is 12.0 Å². The number of aliphatic hydroxyl groups excluding tert-OH is 1. The van der Waals surface area contributed by atoms with Gasteiger partial charge in [-0.3, -0.25) is 4.40 Å². The van der Waals surface area contributed by atoms with E-state index >= 15 is 0 Å². The first-order valence-corrected chi connectivity index (χ1v) is 8.29. The Hall–Kier alpha value is -1.65. The molecule has 2 heterocycles. The molecule has 3 nitrogen and oxygen atoms in total. The molecular weight excluding hydrogens is 280 g/mol. The molecule has 0 aliphatic heterocycles. The Labute approximate surface area is 127 Å². The van der Waals surface area contributed by atoms with Crippen molar-refractivity contribution in [3.63, 3.8) is 0 Å². The van der Waals surface area contributed by atoms with Crippen LogP contribution in [0.15, 0.2) is 42.0 Å². The molecule has 4 heteroatoms. The zero-order valence-electron chi connectivity index (χ0n) is 11.8. The van der Waals surface area contributed by atoms with E-state index in [9.17, 15) is 5.11 Å². The van der Waals surface area contributed by atoms with Crippen molar-refractivity contribution in [3.8, 4) is 0 Å². The monoisotopic (exact) mass is 298 g/mol. The fraction of sp³-hybridized carbons (Fsp3) is 0.353. The summed E-state index contributed by atoms with van der Waals surface area (Å²) in [5.74, 6) is 0. The van der Waals surface area contributed by atoms with Crippen molar-refractivity contribution < 1.29 is 5.11 Å². The summed E-state index contributed by atoms with van der Waals surface area (Å²) in [6.07, 6.45) is 8.24. The molecule has 2 aromatic heterocycles. The minimum Gasteiger partial charge on any atom is -0.395 e. The number of hydrogen-bond acceptors (Lipinski definition) is 3. The minimum atomic E-state index is -0.168. The maximum absolute atomic E-state index is 10.1. The van der Waals surface area contributed by atoms with E-state index in [1.54, 1.807) is 11.3 Å². The molecule has 1 aromatic carbocycles. The Bertz CT molecular complexity index is 747. The zero-order chi connectivity index (χ0) is 14.3. The number of thiazole rings is 1. The van der Waals surface area contributed by atoms with Gasteiger partial charge in [-0.05, 0) is 30.4 Å². The number of aliphatic hydroxyl groups is 1. The second-order valence-electron chi connectivity index (χ2n) is 5.95. The topological polar surface area (TPSA) is 37.5 Å². The van der Waals surface area contributed by atoms with Gasteiger partial charge in [-0.25, -0.2) is 4.98 Å². The van der Waals surface area contributed by atoms with Crippen LogP contribution in [0.5, 0.6) is 0 Å². The fourth-order valence-electron chi connectivity index (χ4n) is 3.62. The molecule has 1 N–H and O–H groups in total.